The maximum Gasteiger partial charge on any atom is 0.126 e. The van der Waals surface area contributed by atoms with Gasteiger partial charge < -0.3 is 14.8 Å². The van der Waals surface area contributed by atoms with Crippen LogP contribution in [0.4, 0.5) is 0 Å². The standard InChI is InChI=1S/C15H20ClNO2/c1-9-6-11-13(10(2)14(9)16)12(18-3)7-15(19-11)4-5-17-8-15/h6,12,17H,4-5,7-8H2,1-3H3. The van der Waals surface area contributed by atoms with E-state index in [1.54, 1.807) is 7.11 Å². The Hall–Kier alpha value is -0.770. The second-order valence-corrected chi connectivity index (χ2v) is 6.06. The summed E-state index contributed by atoms with van der Waals surface area (Å²) in [5.41, 5.74) is 3.16. The van der Waals surface area contributed by atoms with Crippen LogP contribution in [0.3, 0.4) is 0 Å². The first-order chi connectivity index (χ1) is 9.06. The van der Waals surface area contributed by atoms with Gasteiger partial charge in [-0.15, -0.1) is 0 Å². The third-order valence-corrected chi connectivity index (χ3v) is 4.97. The van der Waals surface area contributed by atoms with E-state index in [1.165, 1.54) is 0 Å². The summed E-state index contributed by atoms with van der Waals surface area (Å²) in [5, 5.41) is 4.22. The number of fused-ring (bicyclic) bond motifs is 1. The van der Waals surface area contributed by atoms with Crippen LogP contribution >= 0.6 is 11.6 Å². The highest BCUT2D eigenvalue weighted by molar-refractivity contribution is 6.32. The van der Waals surface area contributed by atoms with Gasteiger partial charge >= 0.3 is 0 Å². The lowest BCUT2D eigenvalue weighted by atomic mass is 9.85. The van der Waals surface area contributed by atoms with Crippen molar-refractivity contribution >= 4 is 11.6 Å². The second kappa shape index (κ2) is 4.65. The predicted molar refractivity (Wildman–Crippen MR) is 76.1 cm³/mol. The Morgan fingerprint density at radius 1 is 1.47 bits per heavy atom. The topological polar surface area (TPSA) is 30.5 Å². The molecule has 2 aliphatic rings. The molecule has 2 unspecified atom stereocenters. The molecule has 0 saturated carbocycles. The molecule has 19 heavy (non-hydrogen) atoms. The predicted octanol–water partition coefficient (Wildman–Crippen LogP) is 3.16. The number of hydrogen-bond donors (Lipinski definition) is 1. The smallest absolute Gasteiger partial charge is 0.126 e. The average molecular weight is 282 g/mol. The van der Waals surface area contributed by atoms with E-state index >= 15 is 0 Å². The maximum atomic E-state index is 6.36. The molecule has 3 nitrogen and oxygen atoms in total. The van der Waals surface area contributed by atoms with Crippen LogP contribution in [-0.2, 0) is 4.74 Å². The monoisotopic (exact) mass is 281 g/mol. The Labute approximate surface area is 119 Å². The Morgan fingerprint density at radius 3 is 2.89 bits per heavy atom. The fourth-order valence-corrected chi connectivity index (χ4v) is 3.48. The van der Waals surface area contributed by atoms with Gasteiger partial charge in [-0.3, -0.25) is 0 Å². The van der Waals surface area contributed by atoms with Gasteiger partial charge in [0.25, 0.3) is 0 Å². The van der Waals surface area contributed by atoms with Gasteiger partial charge in [0, 0.05) is 37.1 Å². The summed E-state index contributed by atoms with van der Waals surface area (Å²) >= 11 is 6.36. The van der Waals surface area contributed by atoms with Crippen molar-refractivity contribution in [3.63, 3.8) is 0 Å². The van der Waals surface area contributed by atoms with Gasteiger partial charge in [0.2, 0.25) is 0 Å². The zero-order valence-electron chi connectivity index (χ0n) is 11.7. The summed E-state index contributed by atoms with van der Waals surface area (Å²) in [5.74, 6) is 0.946. The Bertz CT molecular complexity index is 509. The minimum atomic E-state index is -0.111. The molecule has 2 aliphatic heterocycles. The first kappa shape index (κ1) is 13.2. The number of ether oxygens (including phenoxy) is 2. The van der Waals surface area contributed by atoms with Crippen LogP contribution in [0.15, 0.2) is 6.07 Å². The lowest BCUT2D eigenvalue weighted by Gasteiger charge is -2.40. The third kappa shape index (κ3) is 2.04. The summed E-state index contributed by atoms with van der Waals surface area (Å²) < 4.78 is 12.0. The van der Waals surface area contributed by atoms with Crippen molar-refractivity contribution in [3.8, 4) is 5.75 Å². The SMILES string of the molecule is COC1CC2(CCNC2)Oc2cc(C)c(Cl)c(C)c21. The van der Waals surface area contributed by atoms with E-state index in [-0.39, 0.29) is 11.7 Å². The molecule has 104 valence electrons. The summed E-state index contributed by atoms with van der Waals surface area (Å²) in [6.45, 7) is 5.98. The molecule has 3 rings (SSSR count). The highest BCUT2D eigenvalue weighted by atomic mass is 35.5. The van der Waals surface area contributed by atoms with Gasteiger partial charge in [0.15, 0.2) is 0 Å². The molecule has 0 bridgehead atoms. The van der Waals surface area contributed by atoms with E-state index in [4.69, 9.17) is 21.1 Å². The van der Waals surface area contributed by atoms with E-state index in [0.717, 1.165) is 53.4 Å². The van der Waals surface area contributed by atoms with E-state index < -0.39 is 0 Å². The van der Waals surface area contributed by atoms with E-state index in [2.05, 4.69) is 18.3 Å². The number of rotatable bonds is 1. The van der Waals surface area contributed by atoms with Crippen LogP contribution in [0.2, 0.25) is 5.02 Å². The Morgan fingerprint density at radius 2 is 2.26 bits per heavy atom. The number of halogens is 1. The molecule has 0 amide bonds. The van der Waals surface area contributed by atoms with E-state index in [1.807, 2.05) is 6.92 Å². The van der Waals surface area contributed by atoms with Crippen LogP contribution in [0.5, 0.6) is 5.75 Å². The number of aryl methyl sites for hydroxylation is 1. The normalized spacial score (nSPS) is 29.4. The number of benzene rings is 1. The molecule has 0 radical (unpaired) electrons. The minimum absolute atomic E-state index is 0.0711. The second-order valence-electron chi connectivity index (χ2n) is 5.68. The molecule has 0 aliphatic carbocycles. The fourth-order valence-electron chi connectivity index (χ4n) is 3.32. The fraction of sp³-hybridized carbons (Fsp3) is 0.600. The molecule has 2 atom stereocenters. The molecule has 1 N–H and O–H groups in total. The first-order valence-corrected chi connectivity index (χ1v) is 7.16. The van der Waals surface area contributed by atoms with Gasteiger partial charge in [-0.05, 0) is 37.6 Å². The first-order valence-electron chi connectivity index (χ1n) is 6.78. The maximum absolute atomic E-state index is 6.36. The van der Waals surface area contributed by atoms with Crippen LogP contribution < -0.4 is 10.1 Å². The van der Waals surface area contributed by atoms with Crippen molar-refractivity contribution in [1.29, 1.82) is 0 Å². The van der Waals surface area contributed by atoms with Crippen molar-refractivity contribution in [2.75, 3.05) is 20.2 Å². The minimum Gasteiger partial charge on any atom is -0.485 e. The molecule has 1 fully saturated rings. The van der Waals surface area contributed by atoms with E-state index in [9.17, 15) is 0 Å². The summed E-state index contributed by atoms with van der Waals surface area (Å²) in [6.07, 6.45) is 2.00. The van der Waals surface area contributed by atoms with Crippen molar-refractivity contribution < 1.29 is 9.47 Å². The van der Waals surface area contributed by atoms with Crippen LogP contribution in [0, 0.1) is 13.8 Å². The molecule has 1 aromatic carbocycles. The van der Waals surface area contributed by atoms with Gasteiger partial charge in [-0.1, -0.05) is 11.6 Å². The van der Waals surface area contributed by atoms with E-state index in [0.29, 0.717) is 0 Å². The highest BCUT2D eigenvalue weighted by Crippen LogP contribution is 2.47. The Balaban J connectivity index is 2.10. The average Bonchev–Trinajstić information content (AvgIpc) is 2.83. The highest BCUT2D eigenvalue weighted by Gasteiger charge is 2.44. The molecule has 4 heteroatoms. The largest absolute Gasteiger partial charge is 0.485 e. The van der Waals surface area contributed by atoms with Gasteiger partial charge in [0.05, 0.1) is 6.10 Å². The lowest BCUT2D eigenvalue weighted by molar-refractivity contribution is -0.0207. The van der Waals surface area contributed by atoms with Gasteiger partial charge in [-0.2, -0.15) is 0 Å². The third-order valence-electron chi connectivity index (χ3n) is 4.39. The van der Waals surface area contributed by atoms with Crippen molar-refractivity contribution in [2.24, 2.45) is 0 Å². The number of hydrogen-bond acceptors (Lipinski definition) is 3. The Kier molecular flexibility index (Phi) is 3.24. The summed E-state index contributed by atoms with van der Waals surface area (Å²) in [6, 6.07) is 2.05. The van der Waals surface area contributed by atoms with Crippen molar-refractivity contribution in [3.05, 3.63) is 27.8 Å². The molecular formula is C15H20ClNO2. The molecule has 1 aromatic rings. The quantitative estimate of drug-likeness (QED) is 0.858. The number of methoxy groups -OCH3 is 1. The van der Waals surface area contributed by atoms with Gasteiger partial charge in [0.1, 0.15) is 11.4 Å². The summed E-state index contributed by atoms with van der Waals surface area (Å²) in [7, 11) is 1.77. The zero-order valence-corrected chi connectivity index (χ0v) is 12.4. The van der Waals surface area contributed by atoms with Gasteiger partial charge in [-0.25, -0.2) is 0 Å². The van der Waals surface area contributed by atoms with Crippen LogP contribution in [0.25, 0.3) is 0 Å². The number of nitrogens with one attached hydrogen (secondary N) is 1. The molecular weight excluding hydrogens is 262 g/mol. The summed E-state index contributed by atoms with van der Waals surface area (Å²) in [4.78, 5) is 0. The van der Waals surface area contributed by atoms with Crippen molar-refractivity contribution in [1.82, 2.24) is 5.32 Å². The molecule has 1 spiro atoms. The van der Waals surface area contributed by atoms with Crippen LogP contribution in [-0.4, -0.2) is 25.8 Å². The van der Waals surface area contributed by atoms with Crippen LogP contribution in [0.1, 0.15) is 35.6 Å². The molecule has 2 heterocycles. The van der Waals surface area contributed by atoms with Crippen molar-refractivity contribution in [2.45, 2.75) is 38.4 Å². The zero-order chi connectivity index (χ0) is 13.6. The molecule has 0 aromatic heterocycles. The molecule has 1 saturated heterocycles. The lowest BCUT2D eigenvalue weighted by Crippen LogP contribution is -2.43.